The van der Waals surface area contributed by atoms with Crippen LogP contribution < -0.4 is 11.1 Å². The Kier molecular flexibility index (Phi) is 7.55. The molecular formula is C26H34N4O2. The van der Waals surface area contributed by atoms with E-state index in [1.165, 1.54) is 5.56 Å². The Bertz CT molecular complexity index is 881. The summed E-state index contributed by atoms with van der Waals surface area (Å²) in [4.78, 5) is 30.3. The molecule has 3 N–H and O–H groups in total. The molecule has 4 rings (SSSR count). The topological polar surface area (TPSA) is 78.7 Å². The first-order chi connectivity index (χ1) is 15.6. The summed E-state index contributed by atoms with van der Waals surface area (Å²) in [5.41, 5.74) is 7.71. The highest BCUT2D eigenvalue weighted by Crippen LogP contribution is 2.30. The number of hydrogen-bond donors (Lipinski definition) is 2. The van der Waals surface area contributed by atoms with E-state index in [0.29, 0.717) is 0 Å². The number of hydrogen-bond acceptors (Lipinski definition) is 4. The molecular weight excluding hydrogens is 400 g/mol. The molecule has 0 aromatic heterocycles. The second kappa shape index (κ2) is 10.7. The van der Waals surface area contributed by atoms with Gasteiger partial charge in [-0.15, -0.1) is 0 Å². The minimum atomic E-state index is -0.783. The van der Waals surface area contributed by atoms with E-state index in [1.807, 2.05) is 30.3 Å². The number of piperazine rings is 1. The van der Waals surface area contributed by atoms with E-state index < -0.39 is 11.9 Å². The van der Waals surface area contributed by atoms with E-state index >= 15 is 0 Å². The highest BCUT2D eigenvalue weighted by molar-refractivity contribution is 5.88. The van der Waals surface area contributed by atoms with Crippen molar-refractivity contribution < 1.29 is 9.59 Å². The third kappa shape index (κ3) is 5.56. The lowest BCUT2D eigenvalue weighted by Gasteiger charge is -2.44. The lowest BCUT2D eigenvalue weighted by atomic mass is 9.82. The molecule has 2 aromatic rings. The Hall–Kier alpha value is -2.70. The molecule has 1 heterocycles. The maximum Gasteiger partial charge on any atom is 0.244 e. The van der Waals surface area contributed by atoms with Crippen LogP contribution in [0.5, 0.6) is 0 Å². The Morgan fingerprint density at radius 2 is 1.53 bits per heavy atom. The molecule has 0 bridgehead atoms. The molecule has 32 heavy (non-hydrogen) atoms. The Labute approximate surface area is 190 Å². The first-order valence-corrected chi connectivity index (χ1v) is 11.8. The number of nitrogens with two attached hydrogens (primary N) is 1. The average Bonchev–Trinajstić information content (AvgIpc) is 2.84. The third-order valence-electron chi connectivity index (χ3n) is 6.90. The zero-order valence-electron chi connectivity index (χ0n) is 18.7. The van der Waals surface area contributed by atoms with Gasteiger partial charge in [0.15, 0.2) is 0 Å². The average molecular weight is 435 g/mol. The monoisotopic (exact) mass is 434 g/mol. The van der Waals surface area contributed by atoms with Gasteiger partial charge in [-0.3, -0.25) is 19.4 Å². The molecule has 2 amide bonds. The van der Waals surface area contributed by atoms with Crippen molar-refractivity contribution in [1.82, 2.24) is 15.1 Å². The lowest BCUT2D eigenvalue weighted by Crippen LogP contribution is -2.55. The van der Waals surface area contributed by atoms with Gasteiger partial charge in [-0.1, -0.05) is 73.5 Å². The van der Waals surface area contributed by atoms with Gasteiger partial charge in [0.05, 0.1) is 5.92 Å². The fourth-order valence-corrected chi connectivity index (χ4v) is 5.16. The van der Waals surface area contributed by atoms with Crippen molar-refractivity contribution in [3.8, 4) is 0 Å². The maximum absolute atomic E-state index is 13.3. The van der Waals surface area contributed by atoms with Gasteiger partial charge < -0.3 is 11.1 Å². The third-order valence-corrected chi connectivity index (χ3v) is 6.90. The van der Waals surface area contributed by atoms with Crippen molar-refractivity contribution in [2.24, 2.45) is 11.7 Å². The van der Waals surface area contributed by atoms with Crippen LogP contribution in [0.3, 0.4) is 0 Å². The molecule has 1 saturated heterocycles. The maximum atomic E-state index is 13.3. The standard InChI is InChI=1S/C26H34N4O2/c27-25(31)24(21-11-5-2-6-12-21)28-26(32)22-13-7-8-14-23(22)30-17-15-29(16-18-30)19-20-9-3-1-4-10-20/h1-6,9-12,22-24H,7-8,13-19H2,(H2,27,31)(H,28,32)/t22-,23-,24+/m1/s1. The molecule has 0 unspecified atom stereocenters. The number of benzene rings is 2. The summed E-state index contributed by atoms with van der Waals surface area (Å²) in [5.74, 6) is -0.671. The van der Waals surface area contributed by atoms with Gasteiger partial charge in [0, 0.05) is 38.8 Å². The van der Waals surface area contributed by atoms with Crippen LogP contribution in [-0.4, -0.2) is 53.8 Å². The molecule has 0 spiro atoms. The number of primary amides is 1. The number of carbonyl (C=O) groups excluding carboxylic acids is 2. The number of rotatable bonds is 7. The first kappa shape index (κ1) is 22.5. The summed E-state index contributed by atoms with van der Waals surface area (Å²) in [7, 11) is 0. The van der Waals surface area contributed by atoms with Gasteiger partial charge in [-0.25, -0.2) is 0 Å². The van der Waals surface area contributed by atoms with Crippen molar-refractivity contribution in [3.05, 3.63) is 71.8 Å². The molecule has 0 radical (unpaired) electrons. The van der Waals surface area contributed by atoms with Crippen molar-refractivity contribution in [2.45, 2.75) is 44.3 Å². The molecule has 6 heteroatoms. The fourth-order valence-electron chi connectivity index (χ4n) is 5.16. The fraction of sp³-hybridized carbons (Fsp3) is 0.462. The predicted molar refractivity (Wildman–Crippen MR) is 126 cm³/mol. The highest BCUT2D eigenvalue weighted by Gasteiger charge is 2.37. The van der Waals surface area contributed by atoms with Gasteiger partial charge in [0.25, 0.3) is 0 Å². The van der Waals surface area contributed by atoms with Gasteiger partial charge in [0.1, 0.15) is 6.04 Å². The second-order valence-electron chi connectivity index (χ2n) is 9.01. The minimum absolute atomic E-state index is 0.0472. The summed E-state index contributed by atoms with van der Waals surface area (Å²) in [6, 6.07) is 19.3. The Morgan fingerprint density at radius 3 is 2.19 bits per heavy atom. The minimum Gasteiger partial charge on any atom is -0.368 e. The van der Waals surface area contributed by atoms with Crippen LogP contribution in [0, 0.1) is 5.92 Å². The van der Waals surface area contributed by atoms with Gasteiger partial charge in [-0.05, 0) is 24.0 Å². The molecule has 3 atom stereocenters. The summed E-state index contributed by atoms with van der Waals surface area (Å²) >= 11 is 0. The van der Waals surface area contributed by atoms with Gasteiger partial charge >= 0.3 is 0 Å². The van der Waals surface area contributed by atoms with Crippen LogP contribution in [0.15, 0.2) is 60.7 Å². The second-order valence-corrected chi connectivity index (χ2v) is 9.01. The normalized spacial score (nSPS) is 23.4. The molecule has 1 aliphatic carbocycles. The highest BCUT2D eigenvalue weighted by atomic mass is 16.2. The lowest BCUT2D eigenvalue weighted by molar-refractivity contribution is -0.133. The van der Waals surface area contributed by atoms with Crippen LogP contribution in [0.2, 0.25) is 0 Å². The number of nitrogens with one attached hydrogen (secondary N) is 1. The number of carbonyl (C=O) groups is 2. The number of nitrogens with zero attached hydrogens (tertiary/aromatic N) is 2. The summed E-state index contributed by atoms with van der Waals surface area (Å²) in [6.45, 7) is 4.93. The van der Waals surface area contributed by atoms with E-state index in [1.54, 1.807) is 0 Å². The molecule has 6 nitrogen and oxygen atoms in total. The van der Waals surface area contributed by atoms with Gasteiger partial charge in [0.2, 0.25) is 11.8 Å². The van der Waals surface area contributed by atoms with Crippen molar-refractivity contribution in [3.63, 3.8) is 0 Å². The zero-order valence-corrected chi connectivity index (χ0v) is 18.7. The molecule has 2 fully saturated rings. The quantitative estimate of drug-likeness (QED) is 0.702. The van der Waals surface area contributed by atoms with Gasteiger partial charge in [-0.2, -0.15) is 0 Å². The van der Waals surface area contributed by atoms with Crippen LogP contribution in [0.1, 0.15) is 42.9 Å². The molecule has 170 valence electrons. The van der Waals surface area contributed by atoms with Crippen LogP contribution in [-0.2, 0) is 16.1 Å². The smallest absolute Gasteiger partial charge is 0.244 e. The van der Waals surface area contributed by atoms with Crippen molar-refractivity contribution in [2.75, 3.05) is 26.2 Å². The molecule has 1 aliphatic heterocycles. The van der Waals surface area contributed by atoms with E-state index in [4.69, 9.17) is 5.73 Å². The Morgan fingerprint density at radius 1 is 0.906 bits per heavy atom. The summed E-state index contributed by atoms with van der Waals surface area (Å²) in [6.07, 6.45) is 4.09. The SMILES string of the molecule is NC(=O)[C@@H](NC(=O)[C@@H]1CCCC[C@H]1N1CCN(Cc2ccccc2)CC1)c1ccccc1. The largest absolute Gasteiger partial charge is 0.368 e. The van der Waals surface area contributed by atoms with E-state index in [0.717, 1.165) is 64.0 Å². The predicted octanol–water partition coefficient (Wildman–Crippen LogP) is 2.71. The van der Waals surface area contributed by atoms with Crippen LogP contribution in [0.4, 0.5) is 0 Å². The molecule has 2 aromatic carbocycles. The van der Waals surface area contributed by atoms with E-state index in [2.05, 4.69) is 45.4 Å². The summed E-state index contributed by atoms with van der Waals surface area (Å²) in [5, 5.41) is 2.96. The van der Waals surface area contributed by atoms with Crippen LogP contribution >= 0.6 is 0 Å². The van der Waals surface area contributed by atoms with Crippen molar-refractivity contribution in [1.29, 1.82) is 0 Å². The van der Waals surface area contributed by atoms with Crippen LogP contribution in [0.25, 0.3) is 0 Å². The first-order valence-electron chi connectivity index (χ1n) is 11.8. The zero-order chi connectivity index (χ0) is 22.3. The van der Waals surface area contributed by atoms with E-state index in [9.17, 15) is 9.59 Å². The molecule has 1 saturated carbocycles. The Balaban J connectivity index is 1.37. The summed E-state index contributed by atoms with van der Waals surface area (Å²) < 4.78 is 0. The van der Waals surface area contributed by atoms with Crippen molar-refractivity contribution >= 4 is 11.8 Å². The van der Waals surface area contributed by atoms with E-state index in [-0.39, 0.29) is 17.9 Å². The number of amides is 2. The molecule has 2 aliphatic rings.